The maximum Gasteiger partial charge on any atom is 0.261 e. The zero-order chi connectivity index (χ0) is 8.69. The molecule has 1 unspecified atom stereocenters. The van der Waals surface area contributed by atoms with Crippen molar-refractivity contribution >= 4 is 0 Å². The van der Waals surface area contributed by atoms with E-state index in [1.165, 1.54) is 0 Å². The number of aliphatic hydroxyl groups is 1. The molecule has 0 fully saturated rings. The zero-order valence-electron chi connectivity index (χ0n) is 6.59. The second-order valence-corrected chi connectivity index (χ2v) is 2.27. The number of hydrogen-bond acceptors (Lipinski definition) is 2. The van der Waals surface area contributed by atoms with Crippen LogP contribution in [0.2, 0.25) is 0 Å². The fourth-order valence-corrected chi connectivity index (χ4v) is 0.758. The molecule has 1 N–H and O–H groups in total. The Morgan fingerprint density at radius 1 is 1.45 bits per heavy atom. The molecule has 0 radical (unpaired) electrons. The summed E-state index contributed by atoms with van der Waals surface area (Å²) in [6, 6.07) is 0. The van der Waals surface area contributed by atoms with Crippen LogP contribution in [0.15, 0.2) is 0 Å². The summed E-state index contributed by atoms with van der Waals surface area (Å²) in [5.74, 6) is 0. The molecule has 2 nitrogen and oxygen atoms in total. The summed E-state index contributed by atoms with van der Waals surface area (Å²) in [5.41, 5.74) is 0. The monoisotopic (exact) mass is 168 g/mol. The third-order valence-electron chi connectivity index (χ3n) is 1.36. The van der Waals surface area contributed by atoms with E-state index < -0.39 is 13.0 Å². The van der Waals surface area contributed by atoms with Crippen LogP contribution in [0.1, 0.15) is 19.8 Å². The minimum Gasteiger partial charge on any atom is -0.396 e. The Kier molecular flexibility index (Phi) is 6.36. The molecule has 0 saturated heterocycles. The Bertz CT molecular complexity index is 88.5. The van der Waals surface area contributed by atoms with Crippen molar-refractivity contribution < 1.29 is 18.6 Å². The molecular weight excluding hydrogens is 154 g/mol. The number of ether oxygens (including phenoxy) is 1. The molecule has 0 aromatic carbocycles. The van der Waals surface area contributed by atoms with Crippen molar-refractivity contribution in [2.45, 2.75) is 32.3 Å². The van der Waals surface area contributed by atoms with Gasteiger partial charge in [0.05, 0.1) is 6.10 Å². The van der Waals surface area contributed by atoms with E-state index in [0.717, 1.165) is 0 Å². The number of aliphatic hydroxyl groups excluding tert-OH is 1. The molecule has 0 aromatic rings. The molecule has 0 aliphatic heterocycles. The van der Waals surface area contributed by atoms with E-state index in [0.29, 0.717) is 12.8 Å². The summed E-state index contributed by atoms with van der Waals surface area (Å²) in [6.07, 6.45) is -1.55. The van der Waals surface area contributed by atoms with Gasteiger partial charge in [0, 0.05) is 6.61 Å². The Morgan fingerprint density at radius 2 is 2.09 bits per heavy atom. The second kappa shape index (κ2) is 6.49. The Balaban J connectivity index is 3.35. The van der Waals surface area contributed by atoms with E-state index in [-0.39, 0.29) is 12.7 Å². The minimum atomic E-state index is -2.41. The highest BCUT2D eigenvalue weighted by Crippen LogP contribution is 2.04. The highest BCUT2D eigenvalue weighted by molar-refractivity contribution is 4.54. The predicted octanol–water partition coefficient (Wildman–Crippen LogP) is 1.43. The van der Waals surface area contributed by atoms with E-state index in [2.05, 4.69) is 0 Å². The molecule has 0 saturated carbocycles. The third-order valence-corrected chi connectivity index (χ3v) is 1.36. The van der Waals surface area contributed by atoms with Gasteiger partial charge in [-0.1, -0.05) is 6.92 Å². The zero-order valence-corrected chi connectivity index (χ0v) is 6.59. The van der Waals surface area contributed by atoms with Crippen molar-refractivity contribution in [3.8, 4) is 0 Å². The first-order chi connectivity index (χ1) is 5.20. The third kappa shape index (κ3) is 6.19. The van der Waals surface area contributed by atoms with E-state index in [4.69, 9.17) is 9.84 Å². The van der Waals surface area contributed by atoms with E-state index >= 15 is 0 Å². The lowest BCUT2D eigenvalue weighted by atomic mass is 10.2. The summed E-state index contributed by atoms with van der Waals surface area (Å²) in [6.45, 7) is 1.30. The standard InChI is InChI=1S/C7H14F2O2/c1-2-6(3-4-10)11-5-7(8)9/h6-7,10H,2-5H2,1H3. The lowest BCUT2D eigenvalue weighted by Gasteiger charge is -2.13. The molecular formula is C7H14F2O2. The maximum absolute atomic E-state index is 11.6. The first kappa shape index (κ1) is 10.8. The van der Waals surface area contributed by atoms with Gasteiger partial charge in [-0.2, -0.15) is 0 Å². The highest BCUT2D eigenvalue weighted by atomic mass is 19.3. The maximum atomic E-state index is 11.6. The van der Waals surface area contributed by atoms with Gasteiger partial charge in [-0.3, -0.25) is 0 Å². The van der Waals surface area contributed by atoms with Crippen LogP contribution in [-0.2, 0) is 4.74 Å². The second-order valence-electron chi connectivity index (χ2n) is 2.27. The van der Waals surface area contributed by atoms with Crippen LogP contribution in [0, 0.1) is 0 Å². The Hall–Kier alpha value is -0.220. The molecule has 0 aromatic heterocycles. The summed E-state index contributed by atoms with van der Waals surface area (Å²) >= 11 is 0. The number of hydrogen-bond donors (Lipinski definition) is 1. The lowest BCUT2D eigenvalue weighted by molar-refractivity contribution is -0.0328. The summed E-state index contributed by atoms with van der Waals surface area (Å²) in [4.78, 5) is 0. The average molecular weight is 168 g/mol. The molecule has 1 atom stereocenters. The van der Waals surface area contributed by atoms with E-state index in [1.807, 2.05) is 6.92 Å². The molecule has 0 heterocycles. The van der Waals surface area contributed by atoms with Gasteiger partial charge in [0.2, 0.25) is 0 Å². The normalized spacial score (nSPS) is 13.9. The molecule has 11 heavy (non-hydrogen) atoms. The predicted molar refractivity (Wildman–Crippen MR) is 37.7 cm³/mol. The van der Waals surface area contributed by atoms with E-state index in [9.17, 15) is 8.78 Å². The first-order valence-corrected chi connectivity index (χ1v) is 3.71. The van der Waals surface area contributed by atoms with Gasteiger partial charge in [0.15, 0.2) is 0 Å². The summed E-state index contributed by atoms with van der Waals surface area (Å²) in [7, 11) is 0. The van der Waals surface area contributed by atoms with Gasteiger partial charge in [0.25, 0.3) is 6.43 Å². The highest BCUT2D eigenvalue weighted by Gasteiger charge is 2.09. The van der Waals surface area contributed by atoms with Crippen molar-refractivity contribution in [3.63, 3.8) is 0 Å². The van der Waals surface area contributed by atoms with Crippen LogP contribution in [0.25, 0.3) is 0 Å². The van der Waals surface area contributed by atoms with Crippen LogP contribution in [-0.4, -0.2) is 30.8 Å². The first-order valence-electron chi connectivity index (χ1n) is 3.71. The van der Waals surface area contributed by atoms with Crippen LogP contribution in [0.5, 0.6) is 0 Å². The molecule has 0 aliphatic carbocycles. The molecule has 68 valence electrons. The van der Waals surface area contributed by atoms with Crippen molar-refractivity contribution in [1.29, 1.82) is 0 Å². The molecule has 4 heteroatoms. The summed E-state index contributed by atoms with van der Waals surface area (Å²) < 4.78 is 28.0. The van der Waals surface area contributed by atoms with Crippen molar-refractivity contribution in [3.05, 3.63) is 0 Å². The molecule has 0 spiro atoms. The van der Waals surface area contributed by atoms with Gasteiger partial charge in [0.1, 0.15) is 6.61 Å². The smallest absolute Gasteiger partial charge is 0.261 e. The van der Waals surface area contributed by atoms with Gasteiger partial charge >= 0.3 is 0 Å². The molecule has 0 bridgehead atoms. The Labute approximate surface area is 65.2 Å². The summed E-state index contributed by atoms with van der Waals surface area (Å²) in [5, 5.41) is 8.47. The largest absolute Gasteiger partial charge is 0.396 e. The molecule has 0 aliphatic rings. The van der Waals surface area contributed by atoms with Crippen molar-refractivity contribution in [1.82, 2.24) is 0 Å². The van der Waals surface area contributed by atoms with Crippen molar-refractivity contribution in [2.75, 3.05) is 13.2 Å². The van der Waals surface area contributed by atoms with Gasteiger partial charge in [-0.25, -0.2) is 8.78 Å². The topological polar surface area (TPSA) is 29.5 Å². The fraction of sp³-hybridized carbons (Fsp3) is 1.00. The SMILES string of the molecule is CCC(CCO)OCC(F)F. The van der Waals surface area contributed by atoms with Gasteiger partial charge in [-0.15, -0.1) is 0 Å². The number of alkyl halides is 2. The number of halogens is 2. The van der Waals surface area contributed by atoms with Crippen LogP contribution < -0.4 is 0 Å². The minimum absolute atomic E-state index is 0.0122. The quantitative estimate of drug-likeness (QED) is 0.650. The molecule has 0 rings (SSSR count). The fourth-order valence-electron chi connectivity index (χ4n) is 0.758. The lowest BCUT2D eigenvalue weighted by Crippen LogP contribution is -2.17. The van der Waals surface area contributed by atoms with Crippen LogP contribution >= 0.6 is 0 Å². The molecule has 0 amide bonds. The van der Waals surface area contributed by atoms with Gasteiger partial charge < -0.3 is 9.84 Å². The van der Waals surface area contributed by atoms with E-state index in [1.54, 1.807) is 0 Å². The Morgan fingerprint density at radius 3 is 2.45 bits per heavy atom. The average Bonchev–Trinajstić information content (AvgIpc) is 1.97. The van der Waals surface area contributed by atoms with Crippen LogP contribution in [0.3, 0.4) is 0 Å². The van der Waals surface area contributed by atoms with Crippen LogP contribution in [0.4, 0.5) is 8.78 Å². The van der Waals surface area contributed by atoms with Crippen molar-refractivity contribution in [2.24, 2.45) is 0 Å². The number of rotatable bonds is 6. The van der Waals surface area contributed by atoms with Gasteiger partial charge in [-0.05, 0) is 12.8 Å².